The lowest BCUT2D eigenvalue weighted by molar-refractivity contribution is -0.168. The average Bonchev–Trinajstić information content (AvgIpc) is 2.32. The zero-order valence-corrected chi connectivity index (χ0v) is 13.1. The molecule has 0 spiro atoms. The predicted octanol–water partition coefficient (Wildman–Crippen LogP) is 1.35. The topological polar surface area (TPSA) is 68.2 Å². The lowest BCUT2D eigenvalue weighted by Gasteiger charge is -2.32. The van der Waals surface area contributed by atoms with Crippen molar-refractivity contribution in [1.82, 2.24) is 0 Å². The molecule has 0 aliphatic heterocycles. The normalized spacial score (nSPS) is 15.0. The van der Waals surface area contributed by atoms with Crippen LogP contribution in [0.15, 0.2) is 0 Å². The van der Waals surface area contributed by atoms with Crippen molar-refractivity contribution in [3.63, 3.8) is 0 Å². The van der Waals surface area contributed by atoms with Crippen molar-refractivity contribution in [2.24, 2.45) is 0 Å². The van der Waals surface area contributed by atoms with E-state index in [1.165, 1.54) is 0 Å². The molecule has 0 heterocycles. The fourth-order valence-corrected chi connectivity index (χ4v) is 1.27. The quantitative estimate of drug-likeness (QED) is 0.631. The van der Waals surface area contributed by atoms with Gasteiger partial charge in [0.05, 0.1) is 43.7 Å². The van der Waals surface area contributed by atoms with Gasteiger partial charge >= 0.3 is 0 Å². The van der Waals surface area contributed by atoms with Crippen LogP contribution >= 0.6 is 0 Å². The van der Waals surface area contributed by atoms with Crippen LogP contribution in [0.5, 0.6) is 0 Å². The Labute approximate surface area is 116 Å². The Morgan fingerprint density at radius 3 is 1.84 bits per heavy atom. The van der Waals surface area contributed by atoms with Gasteiger partial charge in [0.15, 0.2) is 0 Å². The number of aliphatic hydroxyl groups excluding tert-OH is 2. The van der Waals surface area contributed by atoms with Gasteiger partial charge in [0.25, 0.3) is 0 Å². The van der Waals surface area contributed by atoms with Crippen LogP contribution < -0.4 is 0 Å². The van der Waals surface area contributed by atoms with Gasteiger partial charge in [0, 0.05) is 0 Å². The van der Waals surface area contributed by atoms with Crippen LogP contribution in [-0.4, -0.2) is 60.1 Å². The van der Waals surface area contributed by atoms with E-state index in [-0.39, 0.29) is 25.4 Å². The second-order valence-electron chi connectivity index (χ2n) is 6.27. The first kappa shape index (κ1) is 18.8. The molecule has 0 aromatic heterocycles. The number of hydrogen-bond acceptors (Lipinski definition) is 5. The van der Waals surface area contributed by atoms with Crippen molar-refractivity contribution in [2.45, 2.75) is 65.0 Å². The van der Waals surface area contributed by atoms with Crippen LogP contribution in [0.1, 0.15) is 41.5 Å². The van der Waals surface area contributed by atoms with E-state index in [4.69, 9.17) is 19.3 Å². The lowest BCUT2D eigenvalue weighted by atomic mass is 10.1. The van der Waals surface area contributed by atoms with E-state index in [1.54, 1.807) is 0 Å². The van der Waals surface area contributed by atoms with E-state index in [1.807, 2.05) is 41.5 Å². The fraction of sp³-hybridized carbons (Fsp3) is 1.00. The molecule has 5 nitrogen and oxygen atoms in total. The Kier molecular flexibility index (Phi) is 8.08. The molecule has 0 aromatic rings. The van der Waals surface area contributed by atoms with Crippen LogP contribution in [-0.2, 0) is 14.2 Å². The molecule has 0 saturated heterocycles. The minimum Gasteiger partial charge on any atom is -0.393 e. The Morgan fingerprint density at radius 1 is 0.895 bits per heavy atom. The zero-order chi connectivity index (χ0) is 15.1. The van der Waals surface area contributed by atoms with Crippen LogP contribution in [0.4, 0.5) is 0 Å². The van der Waals surface area contributed by atoms with Crippen LogP contribution in [0, 0.1) is 0 Å². The first-order valence-corrected chi connectivity index (χ1v) is 6.77. The summed E-state index contributed by atoms with van der Waals surface area (Å²) < 4.78 is 17.0. The highest BCUT2D eigenvalue weighted by molar-refractivity contribution is 4.73. The van der Waals surface area contributed by atoms with Crippen LogP contribution in [0.2, 0.25) is 0 Å². The van der Waals surface area contributed by atoms with Gasteiger partial charge in [-0.3, -0.25) is 0 Å². The van der Waals surface area contributed by atoms with Crippen LogP contribution in [0.25, 0.3) is 0 Å². The van der Waals surface area contributed by atoms with E-state index in [0.29, 0.717) is 13.2 Å². The summed E-state index contributed by atoms with van der Waals surface area (Å²) in [5, 5.41) is 18.4. The minimum absolute atomic E-state index is 0.0614. The van der Waals surface area contributed by atoms with E-state index in [0.717, 1.165) is 0 Å². The average molecular weight is 278 g/mol. The molecule has 0 saturated carbocycles. The van der Waals surface area contributed by atoms with E-state index >= 15 is 0 Å². The third kappa shape index (κ3) is 9.35. The molecule has 5 heteroatoms. The molecule has 1 unspecified atom stereocenters. The Bertz CT molecular complexity index is 238. The van der Waals surface area contributed by atoms with Crippen molar-refractivity contribution in [3.8, 4) is 0 Å². The molecule has 19 heavy (non-hydrogen) atoms. The number of aliphatic hydroxyl groups is 2. The molecule has 2 N–H and O–H groups in total. The third-order valence-electron chi connectivity index (χ3n) is 2.52. The predicted molar refractivity (Wildman–Crippen MR) is 74.2 cm³/mol. The summed E-state index contributed by atoms with van der Waals surface area (Å²) >= 11 is 0. The molecule has 0 fully saturated rings. The van der Waals surface area contributed by atoms with Crippen molar-refractivity contribution in [3.05, 3.63) is 0 Å². The van der Waals surface area contributed by atoms with Gasteiger partial charge in [-0.05, 0) is 41.5 Å². The highest BCUT2D eigenvalue weighted by atomic mass is 16.6. The van der Waals surface area contributed by atoms with Crippen molar-refractivity contribution >= 4 is 0 Å². The summed E-state index contributed by atoms with van der Waals surface area (Å²) in [6.07, 6.45) is -0.176. The van der Waals surface area contributed by atoms with Crippen molar-refractivity contribution in [1.29, 1.82) is 0 Å². The monoisotopic (exact) mass is 278 g/mol. The number of hydrogen-bond donors (Lipinski definition) is 2. The van der Waals surface area contributed by atoms with E-state index < -0.39 is 11.2 Å². The summed E-state index contributed by atoms with van der Waals surface area (Å²) in [6.45, 7) is 11.7. The summed E-state index contributed by atoms with van der Waals surface area (Å²) in [4.78, 5) is 0. The molecule has 0 bridgehead atoms. The zero-order valence-electron chi connectivity index (χ0n) is 13.1. The van der Waals surface area contributed by atoms with E-state index in [9.17, 15) is 5.11 Å². The molecule has 0 amide bonds. The largest absolute Gasteiger partial charge is 0.393 e. The Hall–Kier alpha value is -0.200. The maximum Gasteiger partial charge on any atom is 0.105 e. The van der Waals surface area contributed by atoms with Gasteiger partial charge < -0.3 is 24.4 Å². The van der Waals surface area contributed by atoms with Gasteiger partial charge in [-0.15, -0.1) is 0 Å². The highest BCUT2D eigenvalue weighted by Gasteiger charge is 2.26. The van der Waals surface area contributed by atoms with Gasteiger partial charge in [-0.1, -0.05) is 0 Å². The molecule has 0 aliphatic rings. The first-order chi connectivity index (χ1) is 8.62. The van der Waals surface area contributed by atoms with Gasteiger partial charge in [-0.25, -0.2) is 0 Å². The van der Waals surface area contributed by atoms with E-state index in [2.05, 4.69) is 0 Å². The summed E-state index contributed by atoms with van der Waals surface area (Å²) in [5.74, 6) is 0. The Balaban J connectivity index is 4.41. The van der Waals surface area contributed by atoms with Crippen molar-refractivity contribution in [2.75, 3.05) is 26.4 Å². The highest BCUT2D eigenvalue weighted by Crippen LogP contribution is 2.15. The molecule has 1 atom stereocenters. The SMILES string of the molecule is CC(C)OCC(COC(C)(C)CO)OC(C)(C)CO. The summed E-state index contributed by atoms with van der Waals surface area (Å²) in [6, 6.07) is 0. The molecule has 0 aliphatic carbocycles. The second kappa shape index (κ2) is 8.17. The molecule has 0 radical (unpaired) electrons. The molecule has 116 valence electrons. The maximum absolute atomic E-state index is 9.25. The fourth-order valence-electron chi connectivity index (χ4n) is 1.27. The minimum atomic E-state index is -0.641. The standard InChI is InChI=1S/C14H30O5/c1-11(2)17-7-12(19-14(5,6)10-16)8-18-13(3,4)9-15/h11-12,15-16H,7-10H2,1-6H3. The molecule has 0 aromatic carbocycles. The smallest absolute Gasteiger partial charge is 0.105 e. The van der Waals surface area contributed by atoms with Gasteiger partial charge in [0.1, 0.15) is 6.10 Å². The Morgan fingerprint density at radius 2 is 1.42 bits per heavy atom. The third-order valence-corrected chi connectivity index (χ3v) is 2.52. The number of rotatable bonds is 10. The maximum atomic E-state index is 9.25. The second-order valence-corrected chi connectivity index (χ2v) is 6.27. The molecular weight excluding hydrogens is 248 g/mol. The van der Waals surface area contributed by atoms with Gasteiger partial charge in [-0.2, -0.15) is 0 Å². The van der Waals surface area contributed by atoms with Crippen LogP contribution in [0.3, 0.4) is 0 Å². The molecule has 0 rings (SSSR count). The summed E-state index contributed by atoms with van der Waals surface area (Å²) in [7, 11) is 0. The summed E-state index contributed by atoms with van der Waals surface area (Å²) in [5.41, 5.74) is -1.25. The number of ether oxygens (including phenoxy) is 3. The van der Waals surface area contributed by atoms with Crippen molar-refractivity contribution < 1.29 is 24.4 Å². The van der Waals surface area contributed by atoms with Gasteiger partial charge in [0.2, 0.25) is 0 Å². The first-order valence-electron chi connectivity index (χ1n) is 6.77. The molecular formula is C14H30O5. The lowest BCUT2D eigenvalue weighted by Crippen LogP contribution is -2.41.